The maximum Gasteiger partial charge on any atom is 0.244 e. The molecule has 19 heavy (non-hydrogen) atoms. The number of aromatic amines is 1. The topological polar surface area (TPSA) is 79.2 Å². The zero-order chi connectivity index (χ0) is 13.9. The van der Waals surface area contributed by atoms with Crippen molar-refractivity contribution in [3.63, 3.8) is 0 Å². The van der Waals surface area contributed by atoms with Crippen LogP contribution in [0.1, 0.15) is 37.8 Å². The highest BCUT2D eigenvalue weighted by Gasteiger charge is 2.25. The molecule has 5 nitrogen and oxygen atoms in total. The van der Waals surface area contributed by atoms with Crippen LogP contribution >= 0.6 is 0 Å². The van der Waals surface area contributed by atoms with E-state index in [-0.39, 0.29) is 0 Å². The predicted octanol–water partition coefficient (Wildman–Crippen LogP) is 1.67. The monoisotopic (exact) mass is 285 g/mol. The van der Waals surface area contributed by atoms with E-state index in [9.17, 15) is 8.42 Å². The highest BCUT2D eigenvalue weighted by atomic mass is 32.2. The minimum atomic E-state index is -3.38. The van der Waals surface area contributed by atoms with Gasteiger partial charge in [0.15, 0.2) is 0 Å². The number of rotatable bonds is 5. The van der Waals surface area contributed by atoms with Gasteiger partial charge in [-0.1, -0.05) is 19.3 Å². The van der Waals surface area contributed by atoms with Crippen LogP contribution in [0, 0.1) is 5.92 Å². The van der Waals surface area contributed by atoms with Crippen molar-refractivity contribution in [1.82, 2.24) is 9.29 Å². The lowest BCUT2D eigenvalue weighted by Gasteiger charge is -2.26. The van der Waals surface area contributed by atoms with E-state index in [0.717, 1.165) is 18.5 Å². The first-order chi connectivity index (χ1) is 9.04. The Hall–Kier alpha value is -0.850. The number of hydrogen-bond acceptors (Lipinski definition) is 3. The SMILES string of the molecule is CN(CC1CCCCC1)S(=O)(=O)c1c[nH]c(CN)c1. The summed E-state index contributed by atoms with van der Waals surface area (Å²) in [6.45, 7) is 0.938. The van der Waals surface area contributed by atoms with Crippen LogP contribution in [0.5, 0.6) is 0 Å². The Morgan fingerprint density at radius 2 is 2.05 bits per heavy atom. The zero-order valence-corrected chi connectivity index (χ0v) is 12.2. The van der Waals surface area contributed by atoms with Gasteiger partial charge in [0.2, 0.25) is 10.0 Å². The van der Waals surface area contributed by atoms with Crippen molar-refractivity contribution in [3.05, 3.63) is 18.0 Å². The number of sulfonamides is 1. The van der Waals surface area contributed by atoms with E-state index in [4.69, 9.17) is 5.73 Å². The van der Waals surface area contributed by atoms with Crippen molar-refractivity contribution in [3.8, 4) is 0 Å². The zero-order valence-electron chi connectivity index (χ0n) is 11.4. The van der Waals surface area contributed by atoms with Gasteiger partial charge in [0, 0.05) is 32.0 Å². The summed E-state index contributed by atoms with van der Waals surface area (Å²) in [4.78, 5) is 3.20. The molecule has 0 radical (unpaired) electrons. The first-order valence-corrected chi connectivity index (χ1v) is 8.31. The summed E-state index contributed by atoms with van der Waals surface area (Å²) in [6, 6.07) is 1.62. The average Bonchev–Trinajstić information content (AvgIpc) is 2.89. The second kappa shape index (κ2) is 6.07. The molecule has 6 heteroatoms. The fraction of sp³-hybridized carbons (Fsp3) is 0.692. The normalized spacial score (nSPS) is 18.1. The molecule has 1 aromatic heterocycles. The molecule has 1 saturated carbocycles. The standard InChI is InChI=1S/C13H23N3O2S/c1-16(10-11-5-3-2-4-6-11)19(17,18)13-7-12(8-14)15-9-13/h7,9,11,15H,2-6,8,10,14H2,1H3. The van der Waals surface area contributed by atoms with Crippen LogP contribution in [0.4, 0.5) is 0 Å². The van der Waals surface area contributed by atoms with Crippen molar-refractivity contribution in [2.45, 2.75) is 43.5 Å². The van der Waals surface area contributed by atoms with E-state index in [0.29, 0.717) is 23.9 Å². The van der Waals surface area contributed by atoms with Crippen LogP contribution in [0.2, 0.25) is 0 Å². The van der Waals surface area contributed by atoms with Crippen LogP contribution in [-0.2, 0) is 16.6 Å². The van der Waals surface area contributed by atoms with Crippen LogP contribution in [-0.4, -0.2) is 31.3 Å². The quantitative estimate of drug-likeness (QED) is 0.863. The second-order valence-electron chi connectivity index (χ2n) is 5.35. The lowest BCUT2D eigenvalue weighted by Crippen LogP contribution is -2.32. The minimum absolute atomic E-state index is 0.311. The first-order valence-electron chi connectivity index (χ1n) is 6.87. The molecule has 0 aliphatic heterocycles. The molecule has 108 valence electrons. The Bertz CT molecular complexity index is 504. The molecule has 0 atom stereocenters. The summed E-state index contributed by atoms with van der Waals surface area (Å²) in [5.41, 5.74) is 6.23. The molecule has 3 N–H and O–H groups in total. The molecular formula is C13H23N3O2S. The Morgan fingerprint density at radius 1 is 1.37 bits per heavy atom. The summed E-state index contributed by atoms with van der Waals surface area (Å²) in [6.07, 6.45) is 7.53. The lowest BCUT2D eigenvalue weighted by atomic mass is 9.89. The van der Waals surface area contributed by atoms with Crippen LogP contribution in [0.3, 0.4) is 0 Å². The Kier molecular flexibility index (Phi) is 4.65. The van der Waals surface area contributed by atoms with Gasteiger partial charge in [-0.05, 0) is 24.8 Å². The van der Waals surface area contributed by atoms with Crippen molar-refractivity contribution < 1.29 is 8.42 Å². The van der Waals surface area contributed by atoms with E-state index in [2.05, 4.69) is 4.98 Å². The molecule has 0 spiro atoms. The van der Waals surface area contributed by atoms with Gasteiger partial charge in [0.1, 0.15) is 0 Å². The Labute approximate surface area is 115 Å². The third-order valence-corrected chi connectivity index (χ3v) is 5.69. The van der Waals surface area contributed by atoms with Gasteiger partial charge in [-0.3, -0.25) is 0 Å². The third kappa shape index (κ3) is 3.38. The van der Waals surface area contributed by atoms with Gasteiger partial charge in [-0.2, -0.15) is 0 Å². The van der Waals surface area contributed by atoms with Crippen molar-refractivity contribution in [2.75, 3.05) is 13.6 Å². The average molecular weight is 285 g/mol. The van der Waals surface area contributed by atoms with E-state index >= 15 is 0 Å². The van der Waals surface area contributed by atoms with E-state index < -0.39 is 10.0 Å². The number of H-pyrrole nitrogens is 1. The molecule has 2 rings (SSSR count). The van der Waals surface area contributed by atoms with Gasteiger partial charge >= 0.3 is 0 Å². The van der Waals surface area contributed by atoms with E-state index in [1.165, 1.54) is 29.8 Å². The third-order valence-electron chi connectivity index (χ3n) is 3.88. The summed E-state index contributed by atoms with van der Waals surface area (Å²) in [7, 11) is -1.72. The molecule has 0 saturated heterocycles. The van der Waals surface area contributed by atoms with Crippen LogP contribution in [0.15, 0.2) is 17.2 Å². The number of hydrogen-bond donors (Lipinski definition) is 2. The number of nitrogens with two attached hydrogens (primary N) is 1. The molecule has 1 heterocycles. The molecule has 0 bridgehead atoms. The molecule has 1 fully saturated rings. The van der Waals surface area contributed by atoms with Gasteiger partial charge < -0.3 is 10.7 Å². The minimum Gasteiger partial charge on any atom is -0.363 e. The lowest BCUT2D eigenvalue weighted by molar-refractivity contribution is 0.300. The van der Waals surface area contributed by atoms with Gasteiger partial charge in [-0.15, -0.1) is 0 Å². The molecule has 0 unspecified atom stereocenters. The predicted molar refractivity (Wildman–Crippen MR) is 75.1 cm³/mol. The highest BCUT2D eigenvalue weighted by molar-refractivity contribution is 7.89. The molecule has 1 aliphatic rings. The molecule has 0 aromatic carbocycles. The van der Waals surface area contributed by atoms with Gasteiger partial charge in [0.05, 0.1) is 4.90 Å². The van der Waals surface area contributed by atoms with Gasteiger partial charge in [-0.25, -0.2) is 12.7 Å². The fourth-order valence-corrected chi connectivity index (χ4v) is 3.96. The van der Waals surface area contributed by atoms with Crippen LogP contribution < -0.4 is 5.73 Å². The Balaban J connectivity index is 2.05. The van der Waals surface area contributed by atoms with Crippen molar-refractivity contribution in [1.29, 1.82) is 0 Å². The summed E-state index contributed by atoms with van der Waals surface area (Å²) in [5, 5.41) is 0. The number of aromatic nitrogens is 1. The largest absolute Gasteiger partial charge is 0.363 e. The maximum atomic E-state index is 12.4. The molecule has 1 aromatic rings. The number of nitrogens with one attached hydrogen (secondary N) is 1. The molecular weight excluding hydrogens is 262 g/mol. The maximum absolute atomic E-state index is 12.4. The van der Waals surface area contributed by atoms with E-state index in [1.807, 2.05) is 0 Å². The smallest absolute Gasteiger partial charge is 0.244 e. The summed E-state index contributed by atoms with van der Waals surface area (Å²) < 4.78 is 26.3. The fourth-order valence-electron chi connectivity index (χ4n) is 2.70. The van der Waals surface area contributed by atoms with Crippen LogP contribution in [0.25, 0.3) is 0 Å². The second-order valence-corrected chi connectivity index (χ2v) is 7.40. The highest BCUT2D eigenvalue weighted by Crippen LogP contribution is 2.26. The Morgan fingerprint density at radius 3 is 2.63 bits per heavy atom. The van der Waals surface area contributed by atoms with Crippen molar-refractivity contribution in [2.24, 2.45) is 11.7 Å². The van der Waals surface area contributed by atoms with Crippen molar-refractivity contribution >= 4 is 10.0 Å². The molecule has 1 aliphatic carbocycles. The molecule has 0 amide bonds. The first kappa shape index (κ1) is 14.6. The van der Waals surface area contributed by atoms with E-state index in [1.54, 1.807) is 13.1 Å². The summed E-state index contributed by atoms with van der Waals surface area (Å²) in [5.74, 6) is 0.501. The summed E-state index contributed by atoms with van der Waals surface area (Å²) >= 11 is 0. The number of nitrogens with zero attached hydrogens (tertiary/aromatic N) is 1. The van der Waals surface area contributed by atoms with Gasteiger partial charge in [0.25, 0.3) is 0 Å².